The fourth-order valence-electron chi connectivity index (χ4n) is 2.74. The number of amides is 2. The van der Waals surface area contributed by atoms with Crippen LogP contribution in [0.1, 0.15) is 26.6 Å². The van der Waals surface area contributed by atoms with Crippen molar-refractivity contribution < 1.29 is 9.59 Å². The van der Waals surface area contributed by atoms with Gasteiger partial charge in [0.25, 0.3) is 11.8 Å². The third-order valence-corrected chi connectivity index (χ3v) is 4.77. The average molecular weight is 365 g/mol. The summed E-state index contributed by atoms with van der Waals surface area (Å²) in [5.74, 6) is -0.734. The number of hydrazine groups is 1. The Kier molecular flexibility index (Phi) is 5.34. The maximum atomic E-state index is 12.4. The summed E-state index contributed by atoms with van der Waals surface area (Å²) in [7, 11) is 0. The van der Waals surface area contributed by atoms with E-state index in [0.29, 0.717) is 5.56 Å². The van der Waals surface area contributed by atoms with Crippen molar-refractivity contribution in [2.75, 3.05) is 0 Å². The molecular weight excluding hydrogens is 346 g/mol. The van der Waals surface area contributed by atoms with E-state index in [-0.39, 0.29) is 11.8 Å². The van der Waals surface area contributed by atoms with Gasteiger partial charge >= 0.3 is 0 Å². The predicted molar refractivity (Wildman–Crippen MR) is 104 cm³/mol. The lowest BCUT2D eigenvalue weighted by atomic mass is 10.2. The average Bonchev–Trinajstić information content (AvgIpc) is 3.26. The number of carbonyl (C=O) groups excluding carboxylic acids is 2. The van der Waals surface area contributed by atoms with Crippen LogP contribution in [0.3, 0.4) is 0 Å². The summed E-state index contributed by atoms with van der Waals surface area (Å²) < 4.78 is 2.01. The molecule has 2 heterocycles. The summed E-state index contributed by atoms with van der Waals surface area (Å²) in [6.07, 6.45) is 3.09. The first-order chi connectivity index (χ1) is 12.6. The highest BCUT2D eigenvalue weighted by molar-refractivity contribution is 7.10. The van der Waals surface area contributed by atoms with Crippen molar-refractivity contribution >= 4 is 29.2 Å². The zero-order chi connectivity index (χ0) is 18.5. The van der Waals surface area contributed by atoms with Crippen molar-refractivity contribution in [1.29, 1.82) is 0 Å². The number of aryl methyl sites for hydroxylation is 1. The summed E-state index contributed by atoms with van der Waals surface area (Å²) in [6.45, 7) is 3.83. The normalized spacial score (nSPS) is 10.8. The second-order valence-corrected chi connectivity index (χ2v) is 6.73. The molecule has 2 aromatic heterocycles. The Morgan fingerprint density at radius 1 is 1.04 bits per heavy atom. The van der Waals surface area contributed by atoms with E-state index < -0.39 is 0 Å². The van der Waals surface area contributed by atoms with Gasteiger partial charge in [-0.15, -0.1) is 11.3 Å². The SMILES string of the molecule is Cc1cc(C(=O)NNC(=O)/C=C/c2cccs2)c(C)n1-c1ccccc1. The maximum absolute atomic E-state index is 12.4. The van der Waals surface area contributed by atoms with E-state index in [4.69, 9.17) is 0 Å². The number of thiophene rings is 1. The van der Waals surface area contributed by atoms with Crippen molar-refractivity contribution in [2.45, 2.75) is 13.8 Å². The van der Waals surface area contributed by atoms with Gasteiger partial charge in [-0.25, -0.2) is 0 Å². The standard InChI is InChI=1S/C20H19N3O2S/c1-14-13-18(15(2)23(14)16-7-4-3-5-8-16)20(25)22-21-19(24)11-10-17-9-6-12-26-17/h3-13H,1-2H3,(H,21,24)(H,22,25)/b11-10+. The van der Waals surface area contributed by atoms with Gasteiger partial charge in [0.05, 0.1) is 5.56 Å². The molecule has 0 spiro atoms. The molecule has 0 aliphatic rings. The lowest BCUT2D eigenvalue weighted by Crippen LogP contribution is -2.40. The fraction of sp³-hybridized carbons (Fsp3) is 0.100. The molecule has 0 aliphatic carbocycles. The summed E-state index contributed by atoms with van der Waals surface area (Å²) in [5, 5.41) is 1.93. The highest BCUT2D eigenvalue weighted by atomic mass is 32.1. The molecule has 3 rings (SSSR count). The van der Waals surface area contributed by atoms with Crippen LogP contribution in [0.5, 0.6) is 0 Å². The Morgan fingerprint density at radius 3 is 2.50 bits per heavy atom. The van der Waals surface area contributed by atoms with Gasteiger partial charge in [-0.2, -0.15) is 0 Å². The fourth-order valence-corrected chi connectivity index (χ4v) is 3.36. The number of hydrogen-bond acceptors (Lipinski definition) is 3. The third kappa shape index (κ3) is 3.92. The molecule has 2 amide bonds. The molecule has 0 atom stereocenters. The van der Waals surface area contributed by atoms with Crippen molar-refractivity contribution in [3.05, 3.63) is 81.8 Å². The number of nitrogens with one attached hydrogen (secondary N) is 2. The van der Waals surface area contributed by atoms with E-state index in [0.717, 1.165) is 22.0 Å². The van der Waals surface area contributed by atoms with E-state index in [1.165, 1.54) is 17.4 Å². The van der Waals surface area contributed by atoms with Crippen molar-refractivity contribution in [2.24, 2.45) is 0 Å². The summed E-state index contributed by atoms with van der Waals surface area (Å²) >= 11 is 1.53. The Bertz CT molecular complexity index is 941. The van der Waals surface area contributed by atoms with Crippen LogP contribution in [0.25, 0.3) is 11.8 Å². The first-order valence-electron chi connectivity index (χ1n) is 8.12. The van der Waals surface area contributed by atoms with E-state index in [9.17, 15) is 9.59 Å². The molecule has 0 unspecified atom stereocenters. The molecule has 26 heavy (non-hydrogen) atoms. The van der Waals surface area contributed by atoms with Crippen LogP contribution >= 0.6 is 11.3 Å². The largest absolute Gasteiger partial charge is 0.318 e. The molecular formula is C20H19N3O2S. The molecule has 132 valence electrons. The second-order valence-electron chi connectivity index (χ2n) is 5.75. The molecule has 0 radical (unpaired) electrons. The molecule has 0 saturated carbocycles. The maximum Gasteiger partial charge on any atom is 0.271 e. The Balaban J connectivity index is 1.68. The van der Waals surface area contributed by atoms with Crippen LogP contribution in [-0.2, 0) is 4.79 Å². The van der Waals surface area contributed by atoms with Crippen molar-refractivity contribution in [1.82, 2.24) is 15.4 Å². The lowest BCUT2D eigenvalue weighted by molar-refractivity contribution is -0.117. The quantitative estimate of drug-likeness (QED) is 0.548. The van der Waals surface area contributed by atoms with Crippen LogP contribution in [-0.4, -0.2) is 16.4 Å². The predicted octanol–water partition coefficient (Wildman–Crippen LogP) is 3.63. The van der Waals surface area contributed by atoms with Crippen LogP contribution in [0, 0.1) is 13.8 Å². The molecule has 5 nitrogen and oxygen atoms in total. The number of nitrogens with zero attached hydrogens (tertiary/aromatic N) is 1. The topological polar surface area (TPSA) is 63.1 Å². The smallest absolute Gasteiger partial charge is 0.271 e. The van der Waals surface area contributed by atoms with Gasteiger partial charge in [0.1, 0.15) is 0 Å². The van der Waals surface area contributed by atoms with Gasteiger partial charge < -0.3 is 4.57 Å². The van der Waals surface area contributed by atoms with Gasteiger partial charge in [-0.3, -0.25) is 20.4 Å². The van der Waals surface area contributed by atoms with Gasteiger partial charge in [0.2, 0.25) is 0 Å². The van der Waals surface area contributed by atoms with E-state index in [1.54, 1.807) is 6.08 Å². The number of aromatic nitrogens is 1. The molecule has 0 aliphatic heterocycles. The molecule has 6 heteroatoms. The van der Waals surface area contributed by atoms with Crippen molar-refractivity contribution in [3.8, 4) is 5.69 Å². The molecule has 3 aromatic rings. The number of carbonyl (C=O) groups is 2. The van der Waals surface area contributed by atoms with E-state index in [1.807, 2.05) is 72.3 Å². The van der Waals surface area contributed by atoms with Gasteiger partial charge in [0, 0.05) is 28.0 Å². The van der Waals surface area contributed by atoms with Gasteiger partial charge in [0.15, 0.2) is 0 Å². The summed E-state index contributed by atoms with van der Waals surface area (Å²) in [5.41, 5.74) is 8.14. The van der Waals surface area contributed by atoms with Gasteiger partial charge in [-0.1, -0.05) is 24.3 Å². The monoisotopic (exact) mass is 365 g/mol. The van der Waals surface area contributed by atoms with Gasteiger partial charge in [-0.05, 0) is 49.6 Å². The van der Waals surface area contributed by atoms with Crippen LogP contribution in [0.2, 0.25) is 0 Å². The third-order valence-electron chi connectivity index (χ3n) is 3.93. The summed E-state index contributed by atoms with van der Waals surface area (Å²) in [4.78, 5) is 25.2. The zero-order valence-corrected chi connectivity index (χ0v) is 15.3. The number of rotatable bonds is 4. The van der Waals surface area contributed by atoms with E-state index >= 15 is 0 Å². The number of hydrogen-bond donors (Lipinski definition) is 2. The first-order valence-corrected chi connectivity index (χ1v) is 9.00. The first kappa shape index (κ1) is 17.7. The molecule has 1 aromatic carbocycles. The minimum atomic E-state index is -0.386. The van der Waals surface area contributed by atoms with Crippen LogP contribution in [0.15, 0.2) is 60.0 Å². The zero-order valence-electron chi connectivity index (χ0n) is 14.5. The Morgan fingerprint density at radius 2 is 1.81 bits per heavy atom. The minimum Gasteiger partial charge on any atom is -0.318 e. The van der Waals surface area contributed by atoms with Crippen molar-refractivity contribution in [3.63, 3.8) is 0 Å². The lowest BCUT2D eigenvalue weighted by Gasteiger charge is -2.10. The molecule has 0 fully saturated rings. The Labute approximate surface area is 155 Å². The summed E-state index contributed by atoms with van der Waals surface area (Å²) in [6, 6.07) is 15.5. The highest BCUT2D eigenvalue weighted by Gasteiger charge is 2.16. The number of benzene rings is 1. The minimum absolute atomic E-state index is 0.349. The molecule has 0 bridgehead atoms. The van der Waals surface area contributed by atoms with Crippen LogP contribution < -0.4 is 10.9 Å². The Hall–Kier alpha value is -3.12. The molecule has 0 saturated heterocycles. The van der Waals surface area contributed by atoms with E-state index in [2.05, 4.69) is 10.9 Å². The molecule has 2 N–H and O–H groups in total. The number of para-hydroxylation sites is 1. The second kappa shape index (κ2) is 7.84. The van der Waals surface area contributed by atoms with Crippen LogP contribution in [0.4, 0.5) is 0 Å². The highest BCUT2D eigenvalue weighted by Crippen LogP contribution is 2.20.